The van der Waals surface area contributed by atoms with Gasteiger partial charge in [-0.25, -0.2) is 4.39 Å². The summed E-state index contributed by atoms with van der Waals surface area (Å²) in [5.74, 6) is 0.480. The van der Waals surface area contributed by atoms with Gasteiger partial charge in [-0.3, -0.25) is 0 Å². The van der Waals surface area contributed by atoms with Crippen LogP contribution in [0.1, 0.15) is 16.0 Å². The van der Waals surface area contributed by atoms with Crippen LogP contribution >= 0.6 is 47.8 Å². The highest BCUT2D eigenvalue weighted by atomic mass is 79.9. The van der Waals surface area contributed by atoms with E-state index in [9.17, 15) is 4.39 Å². The minimum atomic E-state index is -0.275. The first-order valence-electron chi connectivity index (χ1n) is 5.44. The summed E-state index contributed by atoms with van der Waals surface area (Å²) in [4.78, 5) is -0.146. The summed E-state index contributed by atoms with van der Waals surface area (Å²) in [6, 6.07) is 10.6. The van der Waals surface area contributed by atoms with Crippen LogP contribution in [0, 0.1) is 5.82 Å². The molecule has 1 unspecified atom stereocenters. The number of hydrogen-bond acceptors (Lipinski definition) is 1. The van der Waals surface area contributed by atoms with Gasteiger partial charge in [0.25, 0.3) is 0 Å². The molecule has 0 saturated carbocycles. The Hall–Kier alpha value is -0.390. The Morgan fingerprint density at radius 1 is 1.05 bits per heavy atom. The van der Waals surface area contributed by atoms with E-state index in [1.165, 1.54) is 12.1 Å². The molecule has 0 bridgehead atoms. The predicted molar refractivity (Wildman–Crippen MR) is 85.6 cm³/mol. The summed E-state index contributed by atoms with van der Waals surface area (Å²) < 4.78 is 20.5. The normalized spacial score (nSPS) is 12.3. The molecule has 19 heavy (non-hydrogen) atoms. The van der Waals surface area contributed by atoms with E-state index in [0.29, 0.717) is 4.47 Å². The standard InChI is InChI=1S/C14H10Br3FO/c1-19-13-3-2-9(15)7-12(13)14(17)8-4-10(16)6-11(18)5-8/h2-7,14H,1H3. The molecule has 0 aliphatic rings. The molecule has 1 atom stereocenters. The summed E-state index contributed by atoms with van der Waals surface area (Å²) in [6.45, 7) is 0. The molecule has 0 aromatic heterocycles. The molecule has 2 aromatic rings. The average molecular weight is 453 g/mol. The molecule has 2 aromatic carbocycles. The van der Waals surface area contributed by atoms with Gasteiger partial charge in [0, 0.05) is 14.5 Å². The molecule has 0 saturated heterocycles. The van der Waals surface area contributed by atoms with Gasteiger partial charge in [-0.15, -0.1) is 0 Å². The lowest BCUT2D eigenvalue weighted by Gasteiger charge is -2.15. The lowest BCUT2D eigenvalue weighted by molar-refractivity contribution is 0.410. The number of hydrogen-bond donors (Lipinski definition) is 0. The van der Waals surface area contributed by atoms with Crippen LogP contribution in [0.2, 0.25) is 0 Å². The van der Waals surface area contributed by atoms with Gasteiger partial charge in [-0.05, 0) is 42.0 Å². The zero-order valence-corrected chi connectivity index (χ0v) is 14.7. The van der Waals surface area contributed by atoms with Crippen molar-refractivity contribution in [3.8, 4) is 5.75 Å². The van der Waals surface area contributed by atoms with Crippen LogP contribution in [0.15, 0.2) is 45.3 Å². The fourth-order valence-electron chi connectivity index (χ4n) is 1.80. The van der Waals surface area contributed by atoms with E-state index in [1.807, 2.05) is 24.3 Å². The highest BCUT2D eigenvalue weighted by Gasteiger charge is 2.17. The fourth-order valence-corrected chi connectivity index (χ4v) is 3.29. The molecular weight excluding hydrogens is 443 g/mol. The summed E-state index contributed by atoms with van der Waals surface area (Å²) in [5.41, 5.74) is 1.76. The molecule has 1 nitrogen and oxygen atoms in total. The first kappa shape index (κ1) is 15.0. The first-order chi connectivity index (χ1) is 9.01. The van der Waals surface area contributed by atoms with Crippen molar-refractivity contribution in [3.63, 3.8) is 0 Å². The molecule has 0 aliphatic carbocycles. The Morgan fingerprint density at radius 3 is 2.42 bits per heavy atom. The maximum absolute atomic E-state index is 13.5. The fraction of sp³-hybridized carbons (Fsp3) is 0.143. The lowest BCUT2D eigenvalue weighted by Crippen LogP contribution is -1.98. The van der Waals surface area contributed by atoms with Crippen LogP contribution in [0.25, 0.3) is 0 Å². The highest BCUT2D eigenvalue weighted by Crippen LogP contribution is 2.39. The third-order valence-corrected chi connectivity index (χ3v) is 4.62. The van der Waals surface area contributed by atoms with Crippen LogP contribution < -0.4 is 4.74 Å². The third-order valence-electron chi connectivity index (χ3n) is 2.64. The molecule has 0 fully saturated rings. The molecular formula is C14H10Br3FO. The molecule has 100 valence electrons. The molecule has 0 heterocycles. The van der Waals surface area contributed by atoms with E-state index in [1.54, 1.807) is 7.11 Å². The van der Waals surface area contributed by atoms with Gasteiger partial charge < -0.3 is 4.74 Å². The van der Waals surface area contributed by atoms with E-state index < -0.39 is 0 Å². The van der Waals surface area contributed by atoms with Crippen molar-refractivity contribution in [2.75, 3.05) is 7.11 Å². The van der Waals surface area contributed by atoms with Crippen molar-refractivity contribution in [2.24, 2.45) is 0 Å². The van der Waals surface area contributed by atoms with E-state index in [0.717, 1.165) is 21.3 Å². The Balaban J connectivity index is 2.48. The monoisotopic (exact) mass is 450 g/mol. The van der Waals surface area contributed by atoms with Gasteiger partial charge >= 0.3 is 0 Å². The number of alkyl halides is 1. The van der Waals surface area contributed by atoms with Crippen molar-refractivity contribution in [3.05, 3.63) is 62.3 Å². The van der Waals surface area contributed by atoms with Crippen molar-refractivity contribution in [1.82, 2.24) is 0 Å². The Kier molecular flexibility index (Phi) is 5.03. The zero-order chi connectivity index (χ0) is 14.0. The number of ether oxygens (including phenoxy) is 1. The van der Waals surface area contributed by atoms with Crippen LogP contribution in [-0.2, 0) is 0 Å². The summed E-state index contributed by atoms with van der Waals surface area (Å²) >= 11 is 10.3. The van der Waals surface area contributed by atoms with Crippen molar-refractivity contribution >= 4 is 47.8 Å². The minimum Gasteiger partial charge on any atom is -0.496 e. The summed E-state index contributed by atoms with van der Waals surface area (Å²) in [5, 5.41) is 0. The summed E-state index contributed by atoms with van der Waals surface area (Å²) in [7, 11) is 1.62. The predicted octanol–water partition coefficient (Wildman–Crippen LogP) is 5.84. The first-order valence-corrected chi connectivity index (χ1v) is 7.95. The van der Waals surface area contributed by atoms with E-state index in [-0.39, 0.29) is 10.6 Å². The van der Waals surface area contributed by atoms with Gasteiger partial charge in [0.05, 0.1) is 11.9 Å². The van der Waals surface area contributed by atoms with E-state index >= 15 is 0 Å². The number of halogens is 4. The SMILES string of the molecule is COc1ccc(Br)cc1C(Br)c1cc(F)cc(Br)c1. The Morgan fingerprint density at radius 2 is 1.79 bits per heavy atom. The highest BCUT2D eigenvalue weighted by molar-refractivity contribution is 9.11. The number of benzene rings is 2. The lowest BCUT2D eigenvalue weighted by atomic mass is 10.0. The second-order valence-corrected chi connectivity index (χ2v) is 6.70. The van der Waals surface area contributed by atoms with Gasteiger partial charge in [-0.1, -0.05) is 47.8 Å². The molecule has 0 radical (unpaired) electrons. The van der Waals surface area contributed by atoms with Gasteiger partial charge in [-0.2, -0.15) is 0 Å². The smallest absolute Gasteiger partial charge is 0.124 e. The summed E-state index contributed by atoms with van der Waals surface area (Å²) in [6.07, 6.45) is 0. The van der Waals surface area contributed by atoms with Crippen LogP contribution in [0.4, 0.5) is 4.39 Å². The molecule has 2 rings (SSSR count). The molecule has 0 aliphatic heterocycles. The average Bonchev–Trinajstić information content (AvgIpc) is 2.36. The van der Waals surface area contributed by atoms with Crippen LogP contribution in [0.5, 0.6) is 5.75 Å². The second kappa shape index (κ2) is 6.37. The minimum absolute atomic E-state index is 0.146. The maximum atomic E-state index is 13.5. The van der Waals surface area contributed by atoms with Gasteiger partial charge in [0.15, 0.2) is 0 Å². The Labute approximate surface area is 136 Å². The molecule has 0 amide bonds. The van der Waals surface area contributed by atoms with Crippen molar-refractivity contribution < 1.29 is 9.13 Å². The van der Waals surface area contributed by atoms with Gasteiger partial charge in [0.2, 0.25) is 0 Å². The molecule has 0 N–H and O–H groups in total. The topological polar surface area (TPSA) is 9.23 Å². The van der Waals surface area contributed by atoms with E-state index in [4.69, 9.17) is 4.74 Å². The van der Waals surface area contributed by atoms with Gasteiger partial charge in [0.1, 0.15) is 11.6 Å². The van der Waals surface area contributed by atoms with Crippen LogP contribution in [-0.4, -0.2) is 7.11 Å². The van der Waals surface area contributed by atoms with Crippen LogP contribution in [0.3, 0.4) is 0 Å². The Bertz CT molecular complexity index is 581. The molecule has 0 spiro atoms. The zero-order valence-electron chi connectivity index (χ0n) is 9.96. The maximum Gasteiger partial charge on any atom is 0.124 e. The van der Waals surface area contributed by atoms with Crippen molar-refractivity contribution in [1.29, 1.82) is 0 Å². The second-order valence-electron chi connectivity index (χ2n) is 3.95. The van der Waals surface area contributed by atoms with E-state index in [2.05, 4.69) is 47.8 Å². The quantitative estimate of drug-likeness (QED) is 0.531. The van der Waals surface area contributed by atoms with Crippen molar-refractivity contribution in [2.45, 2.75) is 4.83 Å². The third kappa shape index (κ3) is 3.58. The largest absolute Gasteiger partial charge is 0.496 e. The number of rotatable bonds is 3. The number of methoxy groups -OCH3 is 1. The molecule has 5 heteroatoms.